The van der Waals surface area contributed by atoms with Gasteiger partial charge in [0, 0.05) is 32.8 Å². The van der Waals surface area contributed by atoms with Gasteiger partial charge in [0.2, 0.25) is 11.8 Å². The highest BCUT2D eigenvalue weighted by Crippen LogP contribution is 2.32. The van der Waals surface area contributed by atoms with Gasteiger partial charge in [-0.1, -0.05) is 6.58 Å². The summed E-state index contributed by atoms with van der Waals surface area (Å²) < 4.78 is 0. The van der Waals surface area contributed by atoms with Crippen molar-refractivity contribution < 1.29 is 9.59 Å². The first-order valence-electron chi connectivity index (χ1n) is 7.75. The number of hydrogen-bond acceptors (Lipinski definition) is 3. The van der Waals surface area contributed by atoms with Gasteiger partial charge in [-0.3, -0.25) is 14.5 Å². The molecule has 5 nitrogen and oxygen atoms in total. The van der Waals surface area contributed by atoms with Crippen molar-refractivity contribution in [3.63, 3.8) is 0 Å². The van der Waals surface area contributed by atoms with Crippen LogP contribution in [0.4, 0.5) is 0 Å². The Kier molecular flexibility index (Phi) is 5.04. The van der Waals surface area contributed by atoms with E-state index < -0.39 is 0 Å². The van der Waals surface area contributed by atoms with Gasteiger partial charge in [-0.05, 0) is 44.7 Å². The lowest BCUT2D eigenvalue weighted by atomic mass is 9.92. The van der Waals surface area contributed by atoms with E-state index in [0.717, 1.165) is 39.0 Å². The molecule has 2 atom stereocenters. The van der Waals surface area contributed by atoms with Gasteiger partial charge in [0.05, 0.1) is 6.54 Å². The minimum absolute atomic E-state index is 0.0997. The Morgan fingerprint density at radius 3 is 2.10 bits per heavy atom. The van der Waals surface area contributed by atoms with Crippen LogP contribution in [0.2, 0.25) is 0 Å². The average Bonchev–Trinajstić information content (AvgIpc) is 2.75. The summed E-state index contributed by atoms with van der Waals surface area (Å²) in [6.07, 6.45) is 2.15. The van der Waals surface area contributed by atoms with Gasteiger partial charge >= 0.3 is 0 Å². The van der Waals surface area contributed by atoms with Crippen LogP contribution in [0, 0.1) is 11.8 Å². The monoisotopic (exact) mass is 293 g/mol. The lowest BCUT2D eigenvalue weighted by Gasteiger charge is -2.23. The summed E-state index contributed by atoms with van der Waals surface area (Å²) in [4.78, 5) is 29.7. The quantitative estimate of drug-likeness (QED) is 0.724. The van der Waals surface area contributed by atoms with Crippen LogP contribution in [0.25, 0.3) is 0 Å². The van der Waals surface area contributed by atoms with Crippen LogP contribution >= 0.6 is 0 Å². The highest BCUT2D eigenvalue weighted by Gasteiger charge is 2.37. The van der Waals surface area contributed by atoms with E-state index in [4.69, 9.17) is 0 Å². The molecule has 2 rings (SSSR count). The summed E-state index contributed by atoms with van der Waals surface area (Å²) in [5, 5.41) is 0. The number of fused-ring (bicyclic) bond motifs is 1. The Balaban J connectivity index is 1.87. The van der Waals surface area contributed by atoms with Crippen molar-refractivity contribution in [1.29, 1.82) is 0 Å². The molecular weight excluding hydrogens is 266 g/mol. The first kappa shape index (κ1) is 16.0. The van der Waals surface area contributed by atoms with Crippen molar-refractivity contribution in [2.24, 2.45) is 11.8 Å². The molecule has 2 heterocycles. The second-order valence-electron chi connectivity index (χ2n) is 6.65. The maximum atomic E-state index is 12.0. The number of amides is 2. The fourth-order valence-electron chi connectivity index (χ4n) is 3.33. The topological polar surface area (TPSA) is 43.9 Å². The zero-order chi connectivity index (χ0) is 15.6. The number of rotatable bonds is 3. The van der Waals surface area contributed by atoms with Gasteiger partial charge in [-0.25, -0.2) is 0 Å². The van der Waals surface area contributed by atoms with Crippen LogP contribution < -0.4 is 0 Å². The van der Waals surface area contributed by atoms with Crippen molar-refractivity contribution in [3.05, 3.63) is 12.2 Å². The fourth-order valence-corrected chi connectivity index (χ4v) is 3.33. The molecule has 0 saturated carbocycles. The van der Waals surface area contributed by atoms with Gasteiger partial charge < -0.3 is 9.80 Å². The molecule has 0 unspecified atom stereocenters. The molecule has 0 aromatic heterocycles. The summed E-state index contributed by atoms with van der Waals surface area (Å²) in [6, 6.07) is 0. The normalized spacial score (nSPS) is 26.1. The Bertz CT molecular complexity index is 417. The molecule has 0 spiro atoms. The molecule has 2 amide bonds. The number of carbonyl (C=O) groups is 2. The van der Waals surface area contributed by atoms with Crippen molar-refractivity contribution in [2.75, 3.05) is 46.8 Å². The maximum Gasteiger partial charge on any atom is 0.248 e. The Morgan fingerprint density at radius 2 is 1.67 bits per heavy atom. The van der Waals surface area contributed by atoms with E-state index in [1.165, 1.54) is 0 Å². The number of likely N-dealkylation sites (tertiary alicyclic amines) is 2. The summed E-state index contributed by atoms with van der Waals surface area (Å²) in [7, 11) is 3.60. The van der Waals surface area contributed by atoms with Crippen molar-refractivity contribution >= 4 is 11.8 Å². The molecule has 2 saturated heterocycles. The predicted molar refractivity (Wildman–Crippen MR) is 82.7 cm³/mol. The minimum atomic E-state index is 0.0997. The summed E-state index contributed by atoms with van der Waals surface area (Å²) >= 11 is 0. The Morgan fingerprint density at radius 1 is 1.14 bits per heavy atom. The van der Waals surface area contributed by atoms with Crippen molar-refractivity contribution in [1.82, 2.24) is 14.7 Å². The van der Waals surface area contributed by atoms with Crippen LogP contribution in [0.5, 0.6) is 0 Å². The van der Waals surface area contributed by atoms with Gasteiger partial charge in [-0.2, -0.15) is 0 Å². The Hall–Kier alpha value is -1.36. The van der Waals surface area contributed by atoms with Crippen molar-refractivity contribution in [2.45, 2.75) is 19.8 Å². The summed E-state index contributed by atoms with van der Waals surface area (Å²) in [5.74, 6) is 1.42. The molecule has 2 aliphatic heterocycles. The van der Waals surface area contributed by atoms with Crippen LogP contribution in [0.15, 0.2) is 12.2 Å². The zero-order valence-corrected chi connectivity index (χ0v) is 13.5. The highest BCUT2D eigenvalue weighted by molar-refractivity contribution is 5.92. The molecule has 0 radical (unpaired) electrons. The number of likely N-dealkylation sites (N-methyl/N-ethyl adjacent to an activating group) is 1. The highest BCUT2D eigenvalue weighted by atomic mass is 16.2. The molecule has 21 heavy (non-hydrogen) atoms. The molecular formula is C16H27N3O2. The molecule has 2 aliphatic rings. The molecule has 0 bridgehead atoms. The first-order chi connectivity index (χ1) is 9.88. The van der Waals surface area contributed by atoms with E-state index in [9.17, 15) is 9.59 Å². The predicted octanol–water partition coefficient (Wildman–Crippen LogP) is 0.821. The second kappa shape index (κ2) is 6.60. The molecule has 0 aliphatic carbocycles. The molecule has 5 heteroatoms. The third kappa shape index (κ3) is 3.84. The van der Waals surface area contributed by atoms with Crippen LogP contribution in [0.1, 0.15) is 19.8 Å². The van der Waals surface area contributed by atoms with Gasteiger partial charge in [0.25, 0.3) is 0 Å². The van der Waals surface area contributed by atoms with Crippen LogP contribution in [0.3, 0.4) is 0 Å². The number of carbonyl (C=O) groups excluding carboxylic acids is 2. The third-order valence-electron chi connectivity index (χ3n) is 4.72. The molecule has 0 aromatic carbocycles. The van der Waals surface area contributed by atoms with Crippen molar-refractivity contribution in [3.8, 4) is 0 Å². The van der Waals surface area contributed by atoms with Crippen LogP contribution in [-0.2, 0) is 9.59 Å². The first-order valence-corrected chi connectivity index (χ1v) is 7.75. The van der Waals surface area contributed by atoms with Crippen LogP contribution in [-0.4, -0.2) is 73.3 Å². The zero-order valence-electron chi connectivity index (χ0n) is 13.5. The van der Waals surface area contributed by atoms with Gasteiger partial charge in [0.1, 0.15) is 0 Å². The number of nitrogens with zero attached hydrogens (tertiary/aromatic N) is 3. The lowest BCUT2D eigenvalue weighted by molar-refractivity contribution is -0.129. The van der Waals surface area contributed by atoms with E-state index in [0.29, 0.717) is 24.0 Å². The summed E-state index contributed by atoms with van der Waals surface area (Å²) in [5.41, 5.74) is 0.629. The van der Waals surface area contributed by atoms with E-state index in [2.05, 4.69) is 11.5 Å². The van der Waals surface area contributed by atoms with Gasteiger partial charge in [0.15, 0.2) is 0 Å². The third-order valence-corrected chi connectivity index (χ3v) is 4.72. The largest absolute Gasteiger partial charge is 0.348 e. The van der Waals surface area contributed by atoms with Gasteiger partial charge in [-0.15, -0.1) is 0 Å². The smallest absolute Gasteiger partial charge is 0.248 e. The standard InChI is InChI=1S/C16H27N3O2/c1-12(2)16(21)19-9-13-5-7-18(8-6-14(13)10-19)11-15(20)17(3)4/h13-14H,1,5-11H2,2-4H3/t13-,14+. The molecule has 0 aromatic rings. The van der Waals surface area contributed by atoms with E-state index in [1.54, 1.807) is 25.9 Å². The lowest BCUT2D eigenvalue weighted by Crippen LogP contribution is -2.37. The average molecular weight is 293 g/mol. The summed E-state index contributed by atoms with van der Waals surface area (Å²) in [6.45, 7) is 9.67. The fraction of sp³-hybridized carbons (Fsp3) is 0.750. The van der Waals surface area contributed by atoms with E-state index in [1.807, 2.05) is 4.90 Å². The molecule has 118 valence electrons. The number of hydrogen-bond donors (Lipinski definition) is 0. The Labute approximate surface area is 127 Å². The maximum absolute atomic E-state index is 12.0. The van der Waals surface area contributed by atoms with E-state index in [-0.39, 0.29) is 11.8 Å². The molecule has 2 fully saturated rings. The van der Waals surface area contributed by atoms with E-state index >= 15 is 0 Å². The SMILES string of the molecule is C=C(C)C(=O)N1C[C@H]2CCN(CC(=O)N(C)C)CC[C@H]2C1. The molecule has 0 N–H and O–H groups in total. The minimum Gasteiger partial charge on any atom is -0.348 e. The second-order valence-corrected chi connectivity index (χ2v) is 6.65.